The van der Waals surface area contributed by atoms with Crippen LogP contribution in [0.1, 0.15) is 30.1 Å². The third-order valence-electron chi connectivity index (χ3n) is 4.30. The lowest BCUT2D eigenvalue weighted by Gasteiger charge is -2.01. The number of carbonyl (C=O) groups excluding carboxylic acids is 1. The molecule has 0 aliphatic carbocycles. The summed E-state index contributed by atoms with van der Waals surface area (Å²) in [5.74, 6) is -0.101. The Labute approximate surface area is 164 Å². The minimum absolute atomic E-state index is 0.101. The Kier molecular flexibility index (Phi) is 5.00. The van der Waals surface area contributed by atoms with Crippen LogP contribution in [0.2, 0.25) is 0 Å². The van der Waals surface area contributed by atoms with Crippen LogP contribution in [0, 0.1) is 0 Å². The molecule has 0 saturated heterocycles. The molecule has 1 amide bonds. The Bertz CT molecular complexity index is 1080. The van der Waals surface area contributed by atoms with Crippen molar-refractivity contribution in [2.75, 3.05) is 5.32 Å². The lowest BCUT2D eigenvalue weighted by atomic mass is 10.1. The van der Waals surface area contributed by atoms with Gasteiger partial charge in [0, 0.05) is 22.8 Å². The summed E-state index contributed by atoms with van der Waals surface area (Å²) in [6.07, 6.45) is 4.10. The smallest absolute Gasteiger partial charge is 0.232 e. The largest absolute Gasteiger partial charge is 0.300 e. The molecule has 0 fully saturated rings. The predicted octanol–water partition coefficient (Wildman–Crippen LogP) is 4.22. The molecular formula is C19H19N5OS2. The zero-order valence-corrected chi connectivity index (χ0v) is 16.7. The number of rotatable bonds is 6. The SMILES string of the molecule is CCc1ccc(-c2cn3c(CC(=O)Nc4nnc(CC)s4)csc3n2)cc1. The molecule has 1 N–H and O–H groups in total. The summed E-state index contributed by atoms with van der Waals surface area (Å²) in [6.45, 7) is 4.16. The maximum Gasteiger partial charge on any atom is 0.232 e. The van der Waals surface area contributed by atoms with Crippen LogP contribution in [-0.2, 0) is 24.1 Å². The standard InChI is InChI=1S/C19H19N5OS2/c1-3-12-5-7-13(8-6-12)15-10-24-14(11-26-19(24)20-15)9-16(25)21-18-23-22-17(4-2)27-18/h5-8,10-11H,3-4,9H2,1-2H3,(H,21,23,25). The number of thiazole rings is 1. The number of benzene rings is 1. The van der Waals surface area contributed by atoms with Gasteiger partial charge in [-0.2, -0.15) is 0 Å². The summed E-state index contributed by atoms with van der Waals surface area (Å²) in [5.41, 5.74) is 4.22. The van der Waals surface area contributed by atoms with E-state index in [1.807, 2.05) is 22.9 Å². The summed E-state index contributed by atoms with van der Waals surface area (Å²) in [5, 5.41) is 14.3. The maximum atomic E-state index is 12.4. The zero-order chi connectivity index (χ0) is 18.8. The fraction of sp³-hybridized carbons (Fsp3) is 0.263. The van der Waals surface area contributed by atoms with Gasteiger partial charge >= 0.3 is 0 Å². The van der Waals surface area contributed by atoms with E-state index in [9.17, 15) is 4.79 Å². The number of hydrogen-bond donors (Lipinski definition) is 1. The van der Waals surface area contributed by atoms with E-state index >= 15 is 0 Å². The van der Waals surface area contributed by atoms with Crippen molar-refractivity contribution >= 4 is 38.7 Å². The van der Waals surface area contributed by atoms with Gasteiger partial charge in [-0.1, -0.05) is 49.4 Å². The highest BCUT2D eigenvalue weighted by atomic mass is 32.1. The lowest BCUT2D eigenvalue weighted by molar-refractivity contribution is -0.115. The number of carbonyl (C=O) groups is 1. The average molecular weight is 398 g/mol. The van der Waals surface area contributed by atoms with Crippen molar-refractivity contribution in [2.24, 2.45) is 0 Å². The number of aromatic nitrogens is 4. The highest BCUT2D eigenvalue weighted by Gasteiger charge is 2.14. The fourth-order valence-corrected chi connectivity index (χ4v) is 4.35. The molecule has 0 bridgehead atoms. The number of nitrogens with zero attached hydrogens (tertiary/aromatic N) is 4. The minimum atomic E-state index is -0.101. The van der Waals surface area contributed by atoms with Gasteiger partial charge in [0.25, 0.3) is 0 Å². The van der Waals surface area contributed by atoms with E-state index < -0.39 is 0 Å². The first kappa shape index (κ1) is 17.8. The first-order valence-electron chi connectivity index (χ1n) is 8.83. The molecule has 138 valence electrons. The predicted molar refractivity (Wildman–Crippen MR) is 110 cm³/mol. The van der Waals surface area contributed by atoms with Crippen molar-refractivity contribution in [3.8, 4) is 11.3 Å². The van der Waals surface area contributed by atoms with Gasteiger partial charge in [-0.05, 0) is 18.4 Å². The van der Waals surface area contributed by atoms with Crippen LogP contribution >= 0.6 is 22.7 Å². The van der Waals surface area contributed by atoms with Crippen LogP contribution < -0.4 is 5.32 Å². The van der Waals surface area contributed by atoms with Crippen molar-refractivity contribution in [3.05, 3.63) is 52.1 Å². The topological polar surface area (TPSA) is 72.2 Å². The summed E-state index contributed by atoms with van der Waals surface area (Å²) in [6, 6.07) is 8.45. The summed E-state index contributed by atoms with van der Waals surface area (Å²) in [7, 11) is 0. The molecule has 0 atom stereocenters. The maximum absolute atomic E-state index is 12.4. The summed E-state index contributed by atoms with van der Waals surface area (Å²) < 4.78 is 1.99. The number of fused-ring (bicyclic) bond motifs is 1. The zero-order valence-electron chi connectivity index (χ0n) is 15.1. The van der Waals surface area contributed by atoms with E-state index in [2.05, 4.69) is 46.7 Å². The number of aryl methyl sites for hydroxylation is 2. The number of hydrogen-bond acceptors (Lipinski definition) is 6. The van der Waals surface area contributed by atoms with Gasteiger partial charge in [-0.25, -0.2) is 4.98 Å². The van der Waals surface area contributed by atoms with Gasteiger partial charge < -0.3 is 5.32 Å². The van der Waals surface area contributed by atoms with E-state index in [0.717, 1.165) is 39.8 Å². The van der Waals surface area contributed by atoms with Crippen molar-refractivity contribution < 1.29 is 4.79 Å². The van der Waals surface area contributed by atoms with Crippen LogP contribution in [-0.4, -0.2) is 25.5 Å². The second-order valence-electron chi connectivity index (χ2n) is 6.14. The van der Waals surface area contributed by atoms with Crippen LogP contribution in [0.3, 0.4) is 0 Å². The molecule has 0 aliphatic heterocycles. The van der Waals surface area contributed by atoms with Crippen molar-refractivity contribution in [1.29, 1.82) is 0 Å². The van der Waals surface area contributed by atoms with Crippen molar-refractivity contribution in [1.82, 2.24) is 19.6 Å². The molecule has 0 aliphatic rings. The van der Waals surface area contributed by atoms with Crippen LogP contribution in [0.5, 0.6) is 0 Å². The molecule has 0 saturated carbocycles. The lowest BCUT2D eigenvalue weighted by Crippen LogP contribution is -2.15. The summed E-state index contributed by atoms with van der Waals surface area (Å²) in [4.78, 5) is 17.9. The van der Waals surface area contributed by atoms with Crippen LogP contribution in [0.15, 0.2) is 35.8 Å². The molecule has 0 spiro atoms. The minimum Gasteiger partial charge on any atom is -0.300 e. The van der Waals surface area contributed by atoms with E-state index in [1.54, 1.807) is 0 Å². The Morgan fingerprint density at radius 1 is 1.15 bits per heavy atom. The number of nitrogens with one attached hydrogen (secondary N) is 1. The van der Waals surface area contributed by atoms with Crippen LogP contribution in [0.25, 0.3) is 16.2 Å². The quantitative estimate of drug-likeness (QED) is 0.529. The molecule has 0 radical (unpaired) electrons. The van der Waals surface area contributed by atoms with Gasteiger partial charge in [0.1, 0.15) is 5.01 Å². The Balaban J connectivity index is 1.52. The fourth-order valence-electron chi connectivity index (χ4n) is 2.78. The van der Waals surface area contributed by atoms with Crippen molar-refractivity contribution in [3.63, 3.8) is 0 Å². The second kappa shape index (κ2) is 7.58. The average Bonchev–Trinajstić information content (AvgIpc) is 3.39. The monoisotopic (exact) mass is 397 g/mol. The molecule has 3 aromatic heterocycles. The molecule has 1 aromatic carbocycles. The molecule has 27 heavy (non-hydrogen) atoms. The normalized spacial score (nSPS) is 11.2. The molecule has 6 nitrogen and oxygen atoms in total. The Morgan fingerprint density at radius 3 is 2.67 bits per heavy atom. The number of amides is 1. The van der Waals surface area contributed by atoms with Gasteiger partial charge in [-0.3, -0.25) is 9.20 Å². The third kappa shape index (κ3) is 3.77. The van der Waals surface area contributed by atoms with Gasteiger partial charge in [0.05, 0.1) is 12.1 Å². The number of imidazole rings is 1. The van der Waals surface area contributed by atoms with Gasteiger partial charge in [0.15, 0.2) is 4.96 Å². The molecule has 0 unspecified atom stereocenters. The number of anilines is 1. The molecule has 8 heteroatoms. The first-order chi connectivity index (χ1) is 13.2. The summed E-state index contributed by atoms with van der Waals surface area (Å²) >= 11 is 2.95. The van der Waals surface area contributed by atoms with E-state index in [0.29, 0.717) is 5.13 Å². The highest BCUT2D eigenvalue weighted by molar-refractivity contribution is 7.15. The van der Waals surface area contributed by atoms with E-state index in [-0.39, 0.29) is 12.3 Å². The van der Waals surface area contributed by atoms with E-state index in [1.165, 1.54) is 28.2 Å². The first-order valence-corrected chi connectivity index (χ1v) is 10.5. The Morgan fingerprint density at radius 2 is 1.96 bits per heavy atom. The second-order valence-corrected chi connectivity index (χ2v) is 8.03. The van der Waals surface area contributed by atoms with Crippen LogP contribution in [0.4, 0.5) is 5.13 Å². The molecule has 3 heterocycles. The van der Waals surface area contributed by atoms with Gasteiger partial charge in [-0.15, -0.1) is 21.5 Å². The molecule has 4 rings (SSSR count). The van der Waals surface area contributed by atoms with Crippen molar-refractivity contribution in [2.45, 2.75) is 33.1 Å². The highest BCUT2D eigenvalue weighted by Crippen LogP contribution is 2.25. The molecular weight excluding hydrogens is 378 g/mol. The third-order valence-corrected chi connectivity index (χ3v) is 6.17. The van der Waals surface area contributed by atoms with E-state index in [4.69, 9.17) is 4.98 Å². The van der Waals surface area contributed by atoms with Gasteiger partial charge in [0.2, 0.25) is 11.0 Å². The molecule has 4 aromatic rings. The Hall–Kier alpha value is -2.58.